The minimum atomic E-state index is 0. The number of likely N-dealkylation sites (tertiary alicyclic amines) is 1. The van der Waals surface area contributed by atoms with Crippen LogP contribution in [0.1, 0.15) is 29.6 Å². The fourth-order valence-electron chi connectivity index (χ4n) is 3.62. The Bertz CT molecular complexity index is 760. The third kappa shape index (κ3) is 6.59. The average molecular weight is 439 g/mol. The Morgan fingerprint density at radius 3 is 2.34 bits per heavy atom. The van der Waals surface area contributed by atoms with Crippen LogP contribution in [0.15, 0.2) is 42.7 Å². The van der Waals surface area contributed by atoms with E-state index in [0.29, 0.717) is 5.56 Å². The first-order valence-corrected chi connectivity index (χ1v) is 9.75. The number of carbonyl (C=O) groups is 1. The first kappa shape index (κ1) is 25.2. The van der Waals surface area contributed by atoms with Crippen LogP contribution >= 0.6 is 24.8 Å². The summed E-state index contributed by atoms with van der Waals surface area (Å²) in [6.45, 7) is 2.74. The molecule has 1 amide bonds. The molecule has 0 radical (unpaired) electrons. The Morgan fingerprint density at radius 1 is 1.10 bits per heavy atom. The van der Waals surface area contributed by atoms with E-state index in [-0.39, 0.29) is 30.7 Å². The van der Waals surface area contributed by atoms with Gasteiger partial charge in [-0.1, -0.05) is 12.1 Å². The van der Waals surface area contributed by atoms with Gasteiger partial charge in [0.05, 0.1) is 5.56 Å². The third-order valence-corrected chi connectivity index (χ3v) is 5.41. The predicted molar refractivity (Wildman–Crippen MR) is 126 cm³/mol. The van der Waals surface area contributed by atoms with E-state index < -0.39 is 0 Å². The molecule has 29 heavy (non-hydrogen) atoms. The molecule has 2 heterocycles. The number of nitrogens with one attached hydrogen (secondary N) is 1. The minimum Gasteiger partial charge on any atom is -0.378 e. The van der Waals surface area contributed by atoms with Gasteiger partial charge in [0.25, 0.3) is 5.91 Å². The Hall–Kier alpha value is -1.82. The van der Waals surface area contributed by atoms with Crippen molar-refractivity contribution in [3.05, 3.63) is 48.3 Å². The molecule has 1 N–H and O–H groups in total. The van der Waals surface area contributed by atoms with Crippen molar-refractivity contribution in [2.75, 3.05) is 45.7 Å². The number of nitrogens with zero attached hydrogens (tertiary/aromatic N) is 3. The number of halogens is 2. The molecular formula is C22H32Cl2N4O. The fourth-order valence-corrected chi connectivity index (χ4v) is 3.62. The number of aromatic nitrogens is 1. The number of piperidine rings is 1. The van der Waals surface area contributed by atoms with Gasteiger partial charge in [-0.15, -0.1) is 24.8 Å². The van der Waals surface area contributed by atoms with Crippen LogP contribution in [0.25, 0.3) is 11.1 Å². The maximum absolute atomic E-state index is 12.9. The lowest BCUT2D eigenvalue weighted by molar-refractivity contribution is 0.0687. The van der Waals surface area contributed by atoms with Crippen molar-refractivity contribution in [1.82, 2.24) is 15.2 Å². The van der Waals surface area contributed by atoms with E-state index in [0.717, 1.165) is 55.2 Å². The Labute approximate surface area is 186 Å². The fraction of sp³-hybridized carbons (Fsp3) is 0.455. The Balaban J connectivity index is 0.00000210. The molecule has 0 bridgehead atoms. The molecule has 0 spiro atoms. The second-order valence-electron chi connectivity index (χ2n) is 7.53. The molecule has 5 nitrogen and oxygen atoms in total. The van der Waals surface area contributed by atoms with Crippen LogP contribution in [0.5, 0.6) is 0 Å². The van der Waals surface area contributed by atoms with Crippen molar-refractivity contribution in [2.45, 2.75) is 19.3 Å². The van der Waals surface area contributed by atoms with Crippen LogP contribution in [-0.2, 0) is 0 Å². The van der Waals surface area contributed by atoms with Crippen molar-refractivity contribution in [2.24, 2.45) is 5.92 Å². The highest BCUT2D eigenvalue weighted by atomic mass is 35.5. The number of amides is 1. The number of hydrogen-bond acceptors (Lipinski definition) is 4. The third-order valence-electron chi connectivity index (χ3n) is 5.41. The van der Waals surface area contributed by atoms with Gasteiger partial charge in [0.1, 0.15) is 0 Å². The molecule has 0 aliphatic carbocycles. The molecule has 0 atom stereocenters. The molecule has 1 aromatic carbocycles. The summed E-state index contributed by atoms with van der Waals surface area (Å²) in [4.78, 5) is 21.3. The highest BCUT2D eigenvalue weighted by molar-refractivity contribution is 5.95. The molecule has 0 unspecified atom stereocenters. The second kappa shape index (κ2) is 12.0. The molecule has 1 fully saturated rings. The first-order valence-electron chi connectivity index (χ1n) is 9.75. The lowest BCUT2D eigenvalue weighted by atomic mass is 9.93. The van der Waals surface area contributed by atoms with Gasteiger partial charge in [-0.3, -0.25) is 9.78 Å². The van der Waals surface area contributed by atoms with E-state index in [1.54, 1.807) is 6.20 Å². The van der Waals surface area contributed by atoms with Crippen LogP contribution < -0.4 is 10.2 Å². The van der Waals surface area contributed by atoms with Gasteiger partial charge in [-0.05, 0) is 62.5 Å². The highest BCUT2D eigenvalue weighted by Gasteiger charge is 2.23. The van der Waals surface area contributed by atoms with Gasteiger partial charge in [-0.2, -0.15) is 0 Å². The van der Waals surface area contributed by atoms with Gasteiger partial charge in [-0.25, -0.2) is 0 Å². The van der Waals surface area contributed by atoms with Crippen molar-refractivity contribution >= 4 is 36.4 Å². The van der Waals surface area contributed by atoms with E-state index in [1.807, 2.05) is 38.3 Å². The number of pyridine rings is 1. The largest absolute Gasteiger partial charge is 0.378 e. The highest BCUT2D eigenvalue weighted by Crippen LogP contribution is 2.25. The van der Waals surface area contributed by atoms with E-state index in [2.05, 4.69) is 39.5 Å². The van der Waals surface area contributed by atoms with Crippen molar-refractivity contribution in [3.63, 3.8) is 0 Å². The molecule has 1 aliphatic heterocycles. The number of hydrogen-bond donors (Lipinski definition) is 1. The molecule has 1 saturated heterocycles. The SMILES string of the molecule is CNCCC1CCN(C(=O)c2cncc(-c3ccc(N(C)C)cc3)c2)CC1.Cl.Cl. The van der Waals surface area contributed by atoms with Crippen LogP contribution in [0.2, 0.25) is 0 Å². The quantitative estimate of drug-likeness (QED) is 0.736. The Morgan fingerprint density at radius 2 is 1.76 bits per heavy atom. The van der Waals surface area contributed by atoms with Gasteiger partial charge in [0.2, 0.25) is 0 Å². The van der Waals surface area contributed by atoms with Crippen LogP contribution in [0.4, 0.5) is 5.69 Å². The zero-order chi connectivity index (χ0) is 19.2. The Kier molecular flexibility index (Phi) is 10.4. The molecule has 7 heteroatoms. The molecular weight excluding hydrogens is 407 g/mol. The lowest BCUT2D eigenvalue weighted by Gasteiger charge is -2.32. The molecule has 1 aromatic heterocycles. The van der Waals surface area contributed by atoms with E-state index in [9.17, 15) is 4.79 Å². The van der Waals surface area contributed by atoms with Crippen molar-refractivity contribution < 1.29 is 4.79 Å². The lowest BCUT2D eigenvalue weighted by Crippen LogP contribution is -2.39. The zero-order valence-corrected chi connectivity index (χ0v) is 19.1. The maximum Gasteiger partial charge on any atom is 0.255 e. The summed E-state index contributed by atoms with van der Waals surface area (Å²) in [6, 6.07) is 10.3. The topological polar surface area (TPSA) is 48.5 Å². The van der Waals surface area contributed by atoms with Gasteiger partial charge in [0.15, 0.2) is 0 Å². The number of rotatable bonds is 6. The van der Waals surface area contributed by atoms with Crippen LogP contribution in [0.3, 0.4) is 0 Å². The average Bonchev–Trinajstić information content (AvgIpc) is 2.72. The molecule has 2 aromatic rings. The van der Waals surface area contributed by atoms with E-state index >= 15 is 0 Å². The summed E-state index contributed by atoms with van der Waals surface area (Å²) < 4.78 is 0. The zero-order valence-electron chi connectivity index (χ0n) is 17.4. The van der Waals surface area contributed by atoms with E-state index in [1.165, 1.54) is 6.42 Å². The van der Waals surface area contributed by atoms with Gasteiger partial charge < -0.3 is 15.1 Å². The summed E-state index contributed by atoms with van der Waals surface area (Å²) in [5.74, 6) is 0.822. The van der Waals surface area contributed by atoms with Crippen LogP contribution in [-0.4, -0.2) is 56.6 Å². The summed E-state index contributed by atoms with van der Waals surface area (Å²) in [5, 5.41) is 3.21. The summed E-state index contributed by atoms with van der Waals surface area (Å²) in [5.41, 5.74) is 3.89. The second-order valence-corrected chi connectivity index (χ2v) is 7.53. The van der Waals surface area contributed by atoms with E-state index in [4.69, 9.17) is 0 Å². The normalized spacial score (nSPS) is 14.0. The number of benzene rings is 1. The predicted octanol–water partition coefficient (Wildman–Crippen LogP) is 4.12. The summed E-state index contributed by atoms with van der Waals surface area (Å²) in [7, 11) is 6.04. The summed E-state index contributed by atoms with van der Waals surface area (Å²) >= 11 is 0. The number of carbonyl (C=O) groups excluding carboxylic acids is 1. The first-order chi connectivity index (χ1) is 13.1. The standard InChI is InChI=1S/C22H30N4O.2ClH/c1-23-11-8-17-9-12-26(13-10-17)22(27)20-14-19(15-24-16-20)18-4-6-21(7-5-18)25(2)3;;/h4-7,14-17,23H,8-13H2,1-3H3;2*1H. The maximum atomic E-state index is 12.9. The molecule has 160 valence electrons. The smallest absolute Gasteiger partial charge is 0.255 e. The van der Waals surface area contributed by atoms with Crippen molar-refractivity contribution in [3.8, 4) is 11.1 Å². The van der Waals surface area contributed by atoms with Crippen molar-refractivity contribution in [1.29, 1.82) is 0 Å². The molecule has 0 saturated carbocycles. The molecule has 3 rings (SSSR count). The molecule has 1 aliphatic rings. The minimum absolute atomic E-state index is 0. The van der Waals surface area contributed by atoms with Gasteiger partial charge >= 0.3 is 0 Å². The van der Waals surface area contributed by atoms with Gasteiger partial charge in [0, 0.05) is 50.8 Å². The van der Waals surface area contributed by atoms with Crippen LogP contribution in [0, 0.1) is 5.92 Å². The summed E-state index contributed by atoms with van der Waals surface area (Å²) in [6.07, 6.45) is 6.89. The number of anilines is 1. The monoisotopic (exact) mass is 438 g/mol.